The number of benzene rings is 2. The molecule has 1 atom stereocenters. The Balaban J connectivity index is 1.15. The SMILES string of the molecule is C[C@@H]1Oc2cc(N3CCCC3=O)ccc2-c2cnc(Nc3cncc(NC(=O)NCc4ccccc4)c3)cc21. The molecular weight excluding hydrogens is 492 g/mol. The van der Waals surface area contributed by atoms with Gasteiger partial charge in [-0.2, -0.15) is 0 Å². The van der Waals surface area contributed by atoms with Crippen molar-refractivity contribution in [1.82, 2.24) is 15.3 Å². The summed E-state index contributed by atoms with van der Waals surface area (Å²) in [5, 5.41) is 8.93. The quantitative estimate of drug-likeness (QED) is 0.297. The lowest BCUT2D eigenvalue weighted by Gasteiger charge is -2.28. The van der Waals surface area contributed by atoms with Crippen molar-refractivity contribution in [3.05, 3.63) is 90.4 Å². The summed E-state index contributed by atoms with van der Waals surface area (Å²) in [7, 11) is 0. The first-order valence-electron chi connectivity index (χ1n) is 13.0. The standard InChI is InChI=1S/C30H28N6O3/c1-19-25-14-28(32-18-26(25)24-10-9-23(13-27(24)39-19)36-11-5-8-29(36)37)34-21-12-22(17-31-16-21)35-30(38)33-15-20-6-3-2-4-7-20/h2-4,6-7,9-10,12-14,16-19H,5,8,11,15H2,1H3,(H,32,34)(H2,33,35,38)/t19-/m0/s1. The molecule has 0 unspecified atom stereocenters. The Hall–Kier alpha value is -4.92. The summed E-state index contributed by atoms with van der Waals surface area (Å²) >= 11 is 0. The predicted molar refractivity (Wildman–Crippen MR) is 150 cm³/mol. The topological polar surface area (TPSA) is 108 Å². The van der Waals surface area contributed by atoms with E-state index >= 15 is 0 Å². The second-order valence-corrected chi connectivity index (χ2v) is 9.63. The predicted octanol–water partition coefficient (Wildman–Crippen LogP) is 5.79. The van der Waals surface area contributed by atoms with E-state index in [4.69, 9.17) is 4.74 Å². The van der Waals surface area contributed by atoms with E-state index in [9.17, 15) is 9.59 Å². The maximum absolute atomic E-state index is 12.3. The summed E-state index contributed by atoms with van der Waals surface area (Å²) in [6, 6.07) is 19.1. The van der Waals surface area contributed by atoms with Crippen LogP contribution in [0.15, 0.2) is 79.3 Å². The Kier molecular flexibility index (Phi) is 6.54. The molecule has 0 radical (unpaired) electrons. The van der Waals surface area contributed by atoms with Gasteiger partial charge < -0.3 is 25.6 Å². The van der Waals surface area contributed by atoms with Crippen LogP contribution in [0.2, 0.25) is 0 Å². The number of rotatable bonds is 6. The number of urea groups is 1. The number of pyridine rings is 2. The zero-order valence-electron chi connectivity index (χ0n) is 21.5. The number of carbonyl (C=O) groups is 2. The minimum Gasteiger partial charge on any atom is -0.485 e. The number of hydrogen-bond acceptors (Lipinski definition) is 6. The highest BCUT2D eigenvalue weighted by molar-refractivity contribution is 5.96. The van der Waals surface area contributed by atoms with Gasteiger partial charge in [0.15, 0.2) is 0 Å². The van der Waals surface area contributed by atoms with Crippen molar-refractivity contribution < 1.29 is 14.3 Å². The molecule has 6 rings (SSSR count). The molecule has 9 heteroatoms. The maximum atomic E-state index is 12.3. The first-order chi connectivity index (χ1) is 19.0. The molecule has 0 saturated carbocycles. The molecular formula is C30H28N6O3. The second kappa shape index (κ2) is 10.4. The fourth-order valence-corrected chi connectivity index (χ4v) is 4.95. The smallest absolute Gasteiger partial charge is 0.319 e. The molecule has 4 heterocycles. The van der Waals surface area contributed by atoms with Crippen molar-refractivity contribution in [1.29, 1.82) is 0 Å². The molecule has 39 heavy (non-hydrogen) atoms. The van der Waals surface area contributed by atoms with Crippen molar-refractivity contribution in [3.63, 3.8) is 0 Å². The number of amides is 3. The van der Waals surface area contributed by atoms with Gasteiger partial charge in [-0.15, -0.1) is 0 Å². The van der Waals surface area contributed by atoms with Crippen LogP contribution in [0.4, 0.5) is 27.7 Å². The first kappa shape index (κ1) is 24.4. The third-order valence-corrected chi connectivity index (χ3v) is 6.88. The number of carbonyl (C=O) groups excluding carboxylic acids is 2. The Morgan fingerprint density at radius 3 is 2.69 bits per heavy atom. The van der Waals surface area contributed by atoms with Gasteiger partial charge in [0.2, 0.25) is 5.91 Å². The van der Waals surface area contributed by atoms with Crippen LogP contribution in [0.1, 0.15) is 37.0 Å². The highest BCUT2D eigenvalue weighted by Gasteiger charge is 2.27. The third kappa shape index (κ3) is 5.24. The Morgan fingerprint density at radius 2 is 1.87 bits per heavy atom. The lowest BCUT2D eigenvalue weighted by molar-refractivity contribution is -0.117. The Morgan fingerprint density at radius 1 is 1.03 bits per heavy atom. The van der Waals surface area contributed by atoms with Crippen LogP contribution in [0, 0.1) is 0 Å². The van der Waals surface area contributed by atoms with Gasteiger partial charge in [0.1, 0.15) is 17.7 Å². The summed E-state index contributed by atoms with van der Waals surface area (Å²) in [5.41, 5.74) is 6.08. The largest absolute Gasteiger partial charge is 0.485 e. The molecule has 3 amide bonds. The van der Waals surface area contributed by atoms with Crippen molar-refractivity contribution >= 4 is 34.8 Å². The fourth-order valence-electron chi connectivity index (χ4n) is 4.95. The number of ether oxygens (including phenoxy) is 1. The van der Waals surface area contributed by atoms with Gasteiger partial charge in [-0.1, -0.05) is 30.3 Å². The summed E-state index contributed by atoms with van der Waals surface area (Å²) in [5.74, 6) is 1.54. The fraction of sp³-hybridized carbons (Fsp3) is 0.200. The maximum Gasteiger partial charge on any atom is 0.319 e. The number of hydrogen-bond donors (Lipinski definition) is 3. The summed E-state index contributed by atoms with van der Waals surface area (Å²) < 4.78 is 6.26. The van der Waals surface area contributed by atoms with Gasteiger partial charge >= 0.3 is 6.03 Å². The zero-order valence-corrected chi connectivity index (χ0v) is 21.5. The molecule has 9 nitrogen and oxygen atoms in total. The van der Waals surface area contributed by atoms with Crippen LogP contribution in [0.3, 0.4) is 0 Å². The number of nitrogens with zero attached hydrogens (tertiary/aromatic N) is 3. The van der Waals surface area contributed by atoms with Crippen LogP contribution in [0.5, 0.6) is 5.75 Å². The average molecular weight is 521 g/mol. The highest BCUT2D eigenvalue weighted by atomic mass is 16.5. The van der Waals surface area contributed by atoms with Crippen molar-refractivity contribution in [2.45, 2.75) is 32.4 Å². The van der Waals surface area contributed by atoms with Crippen LogP contribution < -0.4 is 25.6 Å². The van der Waals surface area contributed by atoms with Crippen LogP contribution >= 0.6 is 0 Å². The van der Waals surface area contributed by atoms with Crippen LogP contribution in [-0.2, 0) is 11.3 Å². The second-order valence-electron chi connectivity index (χ2n) is 9.63. The molecule has 0 spiro atoms. The van der Waals surface area contributed by atoms with E-state index in [0.29, 0.717) is 30.2 Å². The van der Waals surface area contributed by atoms with Gasteiger partial charge in [0.25, 0.3) is 0 Å². The number of aromatic nitrogens is 2. The minimum absolute atomic E-state index is 0.151. The van der Waals surface area contributed by atoms with Gasteiger partial charge in [-0.3, -0.25) is 9.78 Å². The van der Waals surface area contributed by atoms with E-state index in [1.165, 1.54) is 0 Å². The van der Waals surface area contributed by atoms with Crippen molar-refractivity contribution in [2.24, 2.45) is 0 Å². The molecule has 3 N–H and O–H groups in total. The van der Waals surface area contributed by atoms with Crippen LogP contribution in [0.25, 0.3) is 11.1 Å². The molecule has 0 bridgehead atoms. The highest BCUT2D eigenvalue weighted by Crippen LogP contribution is 2.44. The summed E-state index contributed by atoms with van der Waals surface area (Å²) in [4.78, 5) is 35.2. The van der Waals surface area contributed by atoms with E-state index < -0.39 is 0 Å². The van der Waals surface area contributed by atoms with Gasteiger partial charge in [0.05, 0.1) is 23.8 Å². The Bertz CT molecular complexity index is 1540. The lowest BCUT2D eigenvalue weighted by atomic mass is 9.94. The number of fused-ring (bicyclic) bond motifs is 3. The molecule has 0 aliphatic carbocycles. The van der Waals surface area contributed by atoms with Crippen molar-refractivity contribution in [3.8, 4) is 16.9 Å². The molecule has 1 saturated heterocycles. The summed E-state index contributed by atoms with van der Waals surface area (Å²) in [6.45, 7) is 3.17. The molecule has 4 aromatic rings. The number of anilines is 4. The van der Waals surface area contributed by atoms with Crippen molar-refractivity contribution in [2.75, 3.05) is 22.1 Å². The van der Waals surface area contributed by atoms with E-state index in [2.05, 4.69) is 25.9 Å². The average Bonchev–Trinajstić information content (AvgIpc) is 3.38. The van der Waals surface area contributed by atoms with E-state index in [1.807, 2.05) is 72.6 Å². The van der Waals surface area contributed by atoms with Gasteiger partial charge in [-0.05, 0) is 43.2 Å². The molecule has 2 aromatic carbocycles. The van der Waals surface area contributed by atoms with Crippen LogP contribution in [-0.4, -0.2) is 28.5 Å². The zero-order chi connectivity index (χ0) is 26.8. The third-order valence-electron chi connectivity index (χ3n) is 6.88. The van der Waals surface area contributed by atoms with E-state index in [1.54, 1.807) is 18.5 Å². The first-order valence-corrected chi connectivity index (χ1v) is 13.0. The monoisotopic (exact) mass is 520 g/mol. The molecule has 2 aromatic heterocycles. The Labute approximate surface area is 226 Å². The van der Waals surface area contributed by atoms with E-state index in [-0.39, 0.29) is 18.0 Å². The molecule has 2 aliphatic rings. The van der Waals surface area contributed by atoms with E-state index in [0.717, 1.165) is 46.7 Å². The number of nitrogens with one attached hydrogen (secondary N) is 3. The van der Waals surface area contributed by atoms with Gasteiger partial charge in [0, 0.05) is 54.2 Å². The minimum atomic E-state index is -0.313. The molecule has 2 aliphatic heterocycles. The summed E-state index contributed by atoms with van der Waals surface area (Å²) in [6.07, 6.45) is 6.37. The molecule has 196 valence electrons. The normalized spacial score (nSPS) is 15.7. The lowest BCUT2D eigenvalue weighted by Crippen LogP contribution is -2.28. The van der Waals surface area contributed by atoms with Gasteiger partial charge in [-0.25, -0.2) is 9.78 Å². The molecule has 1 fully saturated rings.